The molecule has 1 aromatic carbocycles. The van der Waals surface area contributed by atoms with Gasteiger partial charge in [-0.15, -0.1) is 11.3 Å². The molecular formula is C15H16FNO3S. The lowest BCUT2D eigenvalue weighted by Gasteiger charge is -2.15. The largest absolute Gasteiger partial charge is 0.469 e. The van der Waals surface area contributed by atoms with Gasteiger partial charge in [0, 0.05) is 24.7 Å². The van der Waals surface area contributed by atoms with Crippen molar-refractivity contribution in [3.8, 4) is 0 Å². The van der Waals surface area contributed by atoms with Crippen molar-refractivity contribution in [1.29, 1.82) is 0 Å². The van der Waals surface area contributed by atoms with Crippen molar-refractivity contribution in [2.75, 3.05) is 20.7 Å². The van der Waals surface area contributed by atoms with Crippen LogP contribution in [0, 0.1) is 5.82 Å². The molecule has 21 heavy (non-hydrogen) atoms. The van der Waals surface area contributed by atoms with Gasteiger partial charge in [0.1, 0.15) is 5.82 Å². The number of carbonyl (C=O) groups excluding carboxylic acids is 2. The quantitative estimate of drug-likeness (QED) is 0.798. The standard InChI is InChI=1S/C15H16FNO3S/c1-17(7-3-4-14(18)20-2)15(19)13-9-10-8-11(16)5-6-12(10)21-13/h5-6,8-9H,3-4,7H2,1-2H3. The lowest BCUT2D eigenvalue weighted by molar-refractivity contribution is -0.140. The fourth-order valence-corrected chi connectivity index (χ4v) is 3.01. The summed E-state index contributed by atoms with van der Waals surface area (Å²) in [6, 6.07) is 6.17. The summed E-state index contributed by atoms with van der Waals surface area (Å²) < 4.78 is 18.6. The molecule has 0 fully saturated rings. The van der Waals surface area contributed by atoms with Gasteiger partial charge in [0.05, 0.1) is 12.0 Å². The molecule has 1 amide bonds. The lowest BCUT2D eigenvalue weighted by atomic mass is 10.2. The van der Waals surface area contributed by atoms with Crippen molar-refractivity contribution < 1.29 is 18.7 Å². The van der Waals surface area contributed by atoms with E-state index in [4.69, 9.17) is 0 Å². The minimum Gasteiger partial charge on any atom is -0.469 e. The lowest BCUT2D eigenvalue weighted by Crippen LogP contribution is -2.27. The van der Waals surface area contributed by atoms with E-state index >= 15 is 0 Å². The van der Waals surface area contributed by atoms with Crippen LogP contribution in [0.2, 0.25) is 0 Å². The second-order valence-corrected chi connectivity index (χ2v) is 5.78. The average molecular weight is 309 g/mol. The van der Waals surface area contributed by atoms with Gasteiger partial charge in [0.2, 0.25) is 0 Å². The molecule has 0 aliphatic rings. The summed E-state index contributed by atoms with van der Waals surface area (Å²) in [5.41, 5.74) is 0. The molecule has 2 rings (SSSR count). The number of rotatable bonds is 5. The average Bonchev–Trinajstić information content (AvgIpc) is 2.88. The Morgan fingerprint density at radius 1 is 1.33 bits per heavy atom. The van der Waals surface area contributed by atoms with Crippen LogP contribution in [0.1, 0.15) is 22.5 Å². The zero-order valence-electron chi connectivity index (χ0n) is 11.9. The Balaban J connectivity index is 2.02. The predicted molar refractivity (Wildman–Crippen MR) is 80.0 cm³/mol. The molecule has 1 heterocycles. The summed E-state index contributed by atoms with van der Waals surface area (Å²) in [5, 5.41) is 0.728. The fraction of sp³-hybridized carbons (Fsp3) is 0.333. The molecule has 0 unspecified atom stereocenters. The van der Waals surface area contributed by atoms with Gasteiger partial charge in [0.15, 0.2) is 0 Å². The molecule has 112 valence electrons. The van der Waals surface area contributed by atoms with Gasteiger partial charge in [-0.3, -0.25) is 9.59 Å². The van der Waals surface area contributed by atoms with Crippen molar-refractivity contribution in [2.24, 2.45) is 0 Å². The molecule has 0 radical (unpaired) electrons. The Labute approximate surface area is 126 Å². The van der Waals surface area contributed by atoms with Gasteiger partial charge < -0.3 is 9.64 Å². The van der Waals surface area contributed by atoms with Crippen LogP contribution < -0.4 is 0 Å². The fourth-order valence-electron chi connectivity index (χ4n) is 1.97. The summed E-state index contributed by atoms with van der Waals surface area (Å²) >= 11 is 1.34. The van der Waals surface area contributed by atoms with Crippen molar-refractivity contribution in [3.05, 3.63) is 35.0 Å². The van der Waals surface area contributed by atoms with Gasteiger partial charge in [-0.2, -0.15) is 0 Å². The second kappa shape index (κ2) is 6.67. The zero-order chi connectivity index (χ0) is 15.4. The Bertz CT molecular complexity index is 668. The molecule has 0 bridgehead atoms. The van der Waals surface area contributed by atoms with Crippen LogP contribution in [0.3, 0.4) is 0 Å². The van der Waals surface area contributed by atoms with Gasteiger partial charge in [-0.05, 0) is 36.1 Å². The van der Waals surface area contributed by atoms with E-state index in [1.165, 1.54) is 30.6 Å². The molecule has 0 N–H and O–H groups in total. The van der Waals surface area contributed by atoms with Crippen LogP contribution in [0.5, 0.6) is 0 Å². The number of esters is 1. The van der Waals surface area contributed by atoms with E-state index in [1.807, 2.05) is 0 Å². The number of ether oxygens (including phenoxy) is 1. The SMILES string of the molecule is COC(=O)CCCN(C)C(=O)c1cc2cc(F)ccc2s1. The van der Waals surface area contributed by atoms with Gasteiger partial charge in [-0.1, -0.05) is 0 Å². The molecular weight excluding hydrogens is 293 g/mol. The molecule has 0 saturated carbocycles. The highest BCUT2D eigenvalue weighted by Gasteiger charge is 2.15. The van der Waals surface area contributed by atoms with Crippen LogP contribution in [0.25, 0.3) is 10.1 Å². The molecule has 0 aliphatic carbocycles. The number of fused-ring (bicyclic) bond motifs is 1. The topological polar surface area (TPSA) is 46.6 Å². The van der Waals surface area contributed by atoms with Crippen molar-refractivity contribution >= 4 is 33.3 Å². The number of benzene rings is 1. The number of carbonyl (C=O) groups is 2. The van der Waals surface area contributed by atoms with Crippen LogP contribution in [0.15, 0.2) is 24.3 Å². The minimum atomic E-state index is -0.314. The predicted octanol–water partition coefficient (Wildman–Crippen LogP) is 3.07. The van der Waals surface area contributed by atoms with Gasteiger partial charge >= 0.3 is 5.97 Å². The molecule has 0 aliphatic heterocycles. The van der Waals surface area contributed by atoms with E-state index in [2.05, 4.69) is 4.74 Å². The first-order chi connectivity index (χ1) is 10.0. The summed E-state index contributed by atoms with van der Waals surface area (Å²) in [4.78, 5) is 25.4. The Kier molecular flexibility index (Phi) is 4.90. The molecule has 0 spiro atoms. The first-order valence-electron chi connectivity index (χ1n) is 6.52. The number of thiophene rings is 1. The van der Waals surface area contributed by atoms with Crippen LogP contribution in [-0.2, 0) is 9.53 Å². The van der Waals surface area contributed by atoms with Crippen LogP contribution in [-0.4, -0.2) is 37.5 Å². The third-order valence-electron chi connectivity index (χ3n) is 3.14. The monoisotopic (exact) mass is 309 g/mol. The third kappa shape index (κ3) is 3.78. The maximum Gasteiger partial charge on any atom is 0.305 e. The molecule has 4 nitrogen and oxygen atoms in total. The summed E-state index contributed by atoms with van der Waals surface area (Å²) in [5.74, 6) is -0.722. The number of nitrogens with zero attached hydrogens (tertiary/aromatic N) is 1. The van der Waals surface area contributed by atoms with E-state index in [9.17, 15) is 14.0 Å². The highest BCUT2D eigenvalue weighted by molar-refractivity contribution is 7.20. The number of methoxy groups -OCH3 is 1. The van der Waals surface area contributed by atoms with E-state index in [0.717, 1.165) is 10.1 Å². The molecule has 2 aromatic rings. The van der Waals surface area contributed by atoms with Crippen molar-refractivity contribution in [2.45, 2.75) is 12.8 Å². The Morgan fingerprint density at radius 3 is 2.81 bits per heavy atom. The first-order valence-corrected chi connectivity index (χ1v) is 7.34. The number of amides is 1. The zero-order valence-corrected chi connectivity index (χ0v) is 12.7. The van der Waals surface area contributed by atoms with E-state index in [1.54, 1.807) is 24.1 Å². The minimum absolute atomic E-state index is 0.124. The van der Waals surface area contributed by atoms with Crippen molar-refractivity contribution in [3.63, 3.8) is 0 Å². The second-order valence-electron chi connectivity index (χ2n) is 4.70. The smallest absolute Gasteiger partial charge is 0.305 e. The van der Waals surface area contributed by atoms with Crippen LogP contribution in [0.4, 0.5) is 4.39 Å². The number of hydrogen-bond donors (Lipinski definition) is 0. The maximum atomic E-state index is 13.1. The van der Waals surface area contributed by atoms with E-state index < -0.39 is 0 Å². The highest BCUT2D eigenvalue weighted by Crippen LogP contribution is 2.27. The Hall–Kier alpha value is -1.95. The number of halogens is 1. The number of hydrogen-bond acceptors (Lipinski definition) is 4. The summed E-state index contributed by atoms with van der Waals surface area (Å²) in [6.45, 7) is 0.469. The Morgan fingerprint density at radius 2 is 2.10 bits per heavy atom. The molecule has 0 saturated heterocycles. The maximum absolute atomic E-state index is 13.1. The van der Waals surface area contributed by atoms with Crippen molar-refractivity contribution in [1.82, 2.24) is 4.90 Å². The molecule has 0 atom stereocenters. The van der Waals surface area contributed by atoms with E-state index in [-0.39, 0.29) is 24.1 Å². The molecule has 1 aromatic heterocycles. The first kappa shape index (κ1) is 15.4. The van der Waals surface area contributed by atoms with E-state index in [0.29, 0.717) is 17.8 Å². The van der Waals surface area contributed by atoms with Gasteiger partial charge in [0.25, 0.3) is 5.91 Å². The van der Waals surface area contributed by atoms with Gasteiger partial charge in [-0.25, -0.2) is 4.39 Å². The third-order valence-corrected chi connectivity index (χ3v) is 4.24. The normalized spacial score (nSPS) is 10.6. The highest BCUT2D eigenvalue weighted by atomic mass is 32.1. The summed E-state index contributed by atoms with van der Waals surface area (Å²) in [6.07, 6.45) is 0.834. The molecule has 6 heteroatoms. The van der Waals surface area contributed by atoms with Crippen LogP contribution >= 0.6 is 11.3 Å². The summed E-state index contributed by atoms with van der Waals surface area (Å²) in [7, 11) is 3.03.